The van der Waals surface area contributed by atoms with Gasteiger partial charge in [0.25, 0.3) is 0 Å². The molecular formula is C24H36N2O3. The van der Waals surface area contributed by atoms with Gasteiger partial charge in [0.05, 0.1) is 7.11 Å². The average Bonchev–Trinajstić information content (AvgIpc) is 3.21. The number of nitrogens with one attached hydrogen (secondary N) is 1. The van der Waals surface area contributed by atoms with E-state index in [0.717, 1.165) is 31.4 Å². The Morgan fingerprint density at radius 3 is 2.34 bits per heavy atom. The number of nitrogens with zero attached hydrogens (tertiary/aromatic N) is 1. The van der Waals surface area contributed by atoms with Gasteiger partial charge in [-0.3, -0.25) is 9.59 Å². The third-order valence-corrected chi connectivity index (χ3v) is 6.63. The Labute approximate surface area is 175 Å². The van der Waals surface area contributed by atoms with Crippen molar-refractivity contribution in [3.63, 3.8) is 0 Å². The molecule has 2 amide bonds. The molecule has 1 aliphatic heterocycles. The molecule has 0 radical (unpaired) electrons. The largest absolute Gasteiger partial charge is 0.496 e. The fourth-order valence-electron chi connectivity index (χ4n) is 4.90. The van der Waals surface area contributed by atoms with Crippen LogP contribution in [0.4, 0.5) is 0 Å². The molecule has 1 N–H and O–H groups in total. The molecule has 0 aromatic heterocycles. The summed E-state index contributed by atoms with van der Waals surface area (Å²) in [6, 6.07) is 8.21. The maximum Gasteiger partial charge on any atom is 0.227 e. The molecule has 1 heterocycles. The Hall–Kier alpha value is -2.04. The number of para-hydroxylation sites is 1. The molecule has 0 atom stereocenters. The van der Waals surface area contributed by atoms with Gasteiger partial charge in [0, 0.05) is 41.9 Å². The molecule has 3 rings (SSSR count). The van der Waals surface area contributed by atoms with E-state index in [1.54, 1.807) is 7.11 Å². The number of likely N-dealkylation sites (tertiary alicyclic amines) is 1. The Morgan fingerprint density at radius 1 is 1.14 bits per heavy atom. The molecule has 0 spiro atoms. The third-order valence-electron chi connectivity index (χ3n) is 6.63. The minimum atomic E-state index is -0.362. The van der Waals surface area contributed by atoms with Crippen LogP contribution >= 0.6 is 0 Å². The van der Waals surface area contributed by atoms with E-state index in [1.807, 2.05) is 37.8 Å². The SMILES string of the molecule is COc1ccccc1C1(CNC(=O)C2CCN(C(=O)C(C)(C)C)CC2)CCCC1. The van der Waals surface area contributed by atoms with Crippen molar-refractivity contribution >= 4 is 11.8 Å². The monoisotopic (exact) mass is 400 g/mol. The van der Waals surface area contributed by atoms with Gasteiger partial charge in [-0.1, -0.05) is 51.8 Å². The number of rotatable bonds is 5. The third kappa shape index (κ3) is 4.76. The molecule has 2 aliphatic rings. The van der Waals surface area contributed by atoms with Crippen LogP contribution in [0.15, 0.2) is 24.3 Å². The predicted octanol–water partition coefficient (Wildman–Crippen LogP) is 3.91. The number of amides is 2. The lowest BCUT2D eigenvalue weighted by Gasteiger charge is -2.36. The second kappa shape index (κ2) is 8.76. The maximum absolute atomic E-state index is 12.9. The van der Waals surface area contributed by atoms with Crippen molar-refractivity contribution in [3.05, 3.63) is 29.8 Å². The standard InChI is InChI=1S/C24H36N2O3/c1-23(2,3)22(28)26-15-11-18(12-16-26)21(27)25-17-24(13-7-8-14-24)19-9-5-6-10-20(19)29-4/h5-6,9-10,18H,7-8,11-17H2,1-4H3,(H,25,27). The summed E-state index contributed by atoms with van der Waals surface area (Å²) in [6.45, 7) is 7.86. The van der Waals surface area contributed by atoms with E-state index in [0.29, 0.717) is 19.6 Å². The Balaban J connectivity index is 1.60. The van der Waals surface area contributed by atoms with Gasteiger partial charge in [0.1, 0.15) is 5.75 Å². The molecule has 5 nitrogen and oxygen atoms in total. The summed E-state index contributed by atoms with van der Waals surface area (Å²) in [5.74, 6) is 1.22. The van der Waals surface area contributed by atoms with Crippen molar-refractivity contribution in [2.75, 3.05) is 26.7 Å². The van der Waals surface area contributed by atoms with Gasteiger partial charge < -0.3 is 15.0 Å². The van der Waals surface area contributed by atoms with Crippen LogP contribution in [0.2, 0.25) is 0 Å². The highest BCUT2D eigenvalue weighted by atomic mass is 16.5. The van der Waals surface area contributed by atoms with Crippen molar-refractivity contribution in [2.45, 2.75) is 64.7 Å². The summed E-state index contributed by atoms with van der Waals surface area (Å²) in [6.07, 6.45) is 6.01. The highest BCUT2D eigenvalue weighted by molar-refractivity contribution is 5.82. The highest BCUT2D eigenvalue weighted by Crippen LogP contribution is 2.44. The van der Waals surface area contributed by atoms with Crippen LogP contribution in [0.1, 0.15) is 64.9 Å². The lowest BCUT2D eigenvalue weighted by molar-refractivity contribution is -0.142. The van der Waals surface area contributed by atoms with Gasteiger partial charge in [-0.15, -0.1) is 0 Å². The summed E-state index contributed by atoms with van der Waals surface area (Å²) in [5, 5.41) is 3.26. The average molecular weight is 401 g/mol. The van der Waals surface area contributed by atoms with Crippen molar-refractivity contribution in [1.29, 1.82) is 0 Å². The minimum Gasteiger partial charge on any atom is -0.496 e. The van der Waals surface area contributed by atoms with Crippen molar-refractivity contribution < 1.29 is 14.3 Å². The van der Waals surface area contributed by atoms with Gasteiger partial charge in [0.15, 0.2) is 0 Å². The van der Waals surface area contributed by atoms with Crippen LogP contribution in [-0.4, -0.2) is 43.5 Å². The van der Waals surface area contributed by atoms with Crippen LogP contribution in [0.3, 0.4) is 0 Å². The summed E-state index contributed by atoms with van der Waals surface area (Å²) in [4.78, 5) is 27.3. The Bertz CT molecular complexity index is 724. The zero-order valence-electron chi connectivity index (χ0n) is 18.4. The van der Waals surface area contributed by atoms with Crippen LogP contribution < -0.4 is 10.1 Å². The molecular weight excluding hydrogens is 364 g/mol. The molecule has 2 fully saturated rings. The second-order valence-corrected chi connectivity index (χ2v) is 9.72. The molecule has 29 heavy (non-hydrogen) atoms. The predicted molar refractivity (Wildman–Crippen MR) is 115 cm³/mol. The number of hydrogen-bond donors (Lipinski definition) is 1. The van der Waals surface area contributed by atoms with Gasteiger partial charge in [-0.05, 0) is 31.7 Å². The number of ether oxygens (including phenoxy) is 1. The number of carbonyl (C=O) groups is 2. The first kappa shape index (κ1) is 21.7. The topological polar surface area (TPSA) is 58.6 Å². The Kier molecular flexibility index (Phi) is 6.55. The number of hydrogen-bond acceptors (Lipinski definition) is 3. The quantitative estimate of drug-likeness (QED) is 0.815. The summed E-state index contributed by atoms with van der Waals surface area (Å²) in [5.41, 5.74) is 0.815. The number of carbonyl (C=O) groups excluding carboxylic acids is 2. The van der Waals surface area contributed by atoms with E-state index in [4.69, 9.17) is 4.74 Å². The van der Waals surface area contributed by atoms with Crippen LogP contribution in [-0.2, 0) is 15.0 Å². The zero-order valence-corrected chi connectivity index (χ0v) is 18.4. The van der Waals surface area contributed by atoms with Gasteiger partial charge in [-0.2, -0.15) is 0 Å². The summed E-state index contributed by atoms with van der Waals surface area (Å²) >= 11 is 0. The van der Waals surface area contributed by atoms with E-state index in [1.165, 1.54) is 18.4 Å². The van der Waals surface area contributed by atoms with E-state index >= 15 is 0 Å². The lowest BCUT2D eigenvalue weighted by atomic mass is 9.78. The summed E-state index contributed by atoms with van der Waals surface area (Å²) in [7, 11) is 1.72. The molecule has 160 valence electrons. The van der Waals surface area contributed by atoms with Crippen LogP contribution in [0.5, 0.6) is 5.75 Å². The zero-order chi connectivity index (χ0) is 21.1. The van der Waals surface area contributed by atoms with E-state index < -0.39 is 0 Å². The van der Waals surface area contributed by atoms with E-state index in [-0.39, 0.29) is 28.6 Å². The van der Waals surface area contributed by atoms with Gasteiger partial charge in [0.2, 0.25) is 11.8 Å². The summed E-state index contributed by atoms with van der Waals surface area (Å²) < 4.78 is 5.62. The van der Waals surface area contributed by atoms with Crippen molar-refractivity contribution in [2.24, 2.45) is 11.3 Å². The van der Waals surface area contributed by atoms with E-state index in [2.05, 4.69) is 17.4 Å². The molecule has 0 bridgehead atoms. The highest BCUT2D eigenvalue weighted by Gasteiger charge is 2.39. The normalized spacial score (nSPS) is 19.8. The maximum atomic E-state index is 12.9. The molecule has 0 unspecified atom stereocenters. The number of piperidine rings is 1. The first-order chi connectivity index (χ1) is 13.8. The molecule has 5 heteroatoms. The van der Waals surface area contributed by atoms with Gasteiger partial charge >= 0.3 is 0 Å². The van der Waals surface area contributed by atoms with Crippen molar-refractivity contribution in [3.8, 4) is 5.75 Å². The second-order valence-electron chi connectivity index (χ2n) is 9.72. The van der Waals surface area contributed by atoms with Crippen molar-refractivity contribution in [1.82, 2.24) is 10.2 Å². The van der Waals surface area contributed by atoms with Crippen LogP contribution in [0, 0.1) is 11.3 Å². The first-order valence-corrected chi connectivity index (χ1v) is 11.0. The lowest BCUT2D eigenvalue weighted by Crippen LogP contribution is -2.48. The molecule has 1 aromatic carbocycles. The fourth-order valence-corrected chi connectivity index (χ4v) is 4.90. The Morgan fingerprint density at radius 2 is 1.76 bits per heavy atom. The molecule has 1 saturated heterocycles. The van der Waals surface area contributed by atoms with Gasteiger partial charge in [-0.25, -0.2) is 0 Å². The number of methoxy groups -OCH3 is 1. The molecule has 1 aliphatic carbocycles. The minimum absolute atomic E-state index is 0.00450. The van der Waals surface area contributed by atoms with Crippen LogP contribution in [0.25, 0.3) is 0 Å². The number of benzene rings is 1. The smallest absolute Gasteiger partial charge is 0.227 e. The van der Waals surface area contributed by atoms with E-state index in [9.17, 15) is 9.59 Å². The fraction of sp³-hybridized carbons (Fsp3) is 0.667. The molecule has 1 saturated carbocycles. The first-order valence-electron chi connectivity index (χ1n) is 11.0. The molecule has 1 aromatic rings.